The van der Waals surface area contributed by atoms with Crippen molar-refractivity contribution in [1.82, 2.24) is 0 Å². The first kappa shape index (κ1) is 32.8. The van der Waals surface area contributed by atoms with Crippen molar-refractivity contribution in [3.05, 3.63) is 197 Å². The maximum Gasteiger partial charge on any atom is 0.0462 e. The topological polar surface area (TPSA) is 3.24 Å². The maximum absolute atomic E-state index is 2.55. The molecule has 0 N–H and O–H groups in total. The predicted molar refractivity (Wildman–Crippen MR) is 219 cm³/mol. The molecule has 51 heavy (non-hydrogen) atoms. The van der Waals surface area contributed by atoms with Gasteiger partial charge >= 0.3 is 0 Å². The van der Waals surface area contributed by atoms with Crippen LogP contribution in [-0.2, 0) is 10.8 Å². The molecule has 2 aliphatic rings. The fourth-order valence-corrected chi connectivity index (χ4v) is 9.38. The summed E-state index contributed by atoms with van der Waals surface area (Å²) in [5.41, 5.74) is 17.6. The lowest BCUT2D eigenvalue weighted by molar-refractivity contribution is 0.518. The quantitative estimate of drug-likeness (QED) is 0.132. The standard InChI is InChI=1S/C50H47N/c1-5-49(6-2)45-27-19-18-26-42(45)47-48(49)43-33-30-38(35-46(43)50(47,7-3)8-4)44(37-20-12-9-13-21-37)34-36-28-31-41(32-29-36)51(39-22-14-10-15-23-39)40-24-16-11-17-25-40/h9-35H,5-8H2,1-4H3. The van der Waals surface area contributed by atoms with Crippen LogP contribution in [0.3, 0.4) is 0 Å². The molecule has 0 aliphatic heterocycles. The van der Waals surface area contributed by atoms with Crippen molar-refractivity contribution < 1.29 is 0 Å². The molecule has 6 aromatic rings. The maximum atomic E-state index is 2.55. The largest absolute Gasteiger partial charge is 0.311 e. The van der Waals surface area contributed by atoms with Crippen LogP contribution < -0.4 is 4.90 Å². The SMILES string of the molecule is CCC1(CC)C2=C(c3ccccc31)C(CC)(CC)c1cc(C(=Cc3ccc(N(c4ccccc4)c4ccccc4)cc3)c3ccccc3)ccc12. The molecule has 0 unspecified atom stereocenters. The van der Waals surface area contributed by atoms with Crippen LogP contribution in [0.25, 0.3) is 22.8 Å². The molecule has 0 heterocycles. The van der Waals surface area contributed by atoms with E-state index >= 15 is 0 Å². The molecule has 0 spiro atoms. The summed E-state index contributed by atoms with van der Waals surface area (Å²) in [6.45, 7) is 9.59. The van der Waals surface area contributed by atoms with Gasteiger partial charge in [-0.15, -0.1) is 0 Å². The summed E-state index contributed by atoms with van der Waals surface area (Å²) in [4.78, 5) is 2.32. The molecule has 0 saturated heterocycles. The molecule has 0 saturated carbocycles. The highest BCUT2D eigenvalue weighted by molar-refractivity contribution is 6.10. The highest BCUT2D eigenvalue weighted by Gasteiger charge is 2.54. The van der Waals surface area contributed by atoms with E-state index in [1.165, 1.54) is 44.5 Å². The first-order chi connectivity index (χ1) is 25.1. The van der Waals surface area contributed by atoms with Crippen molar-refractivity contribution in [3.8, 4) is 0 Å². The van der Waals surface area contributed by atoms with Gasteiger partial charge < -0.3 is 4.90 Å². The molecular formula is C50H47N. The Morgan fingerprint density at radius 3 is 1.49 bits per heavy atom. The fraction of sp³-hybridized carbons (Fsp3) is 0.200. The third-order valence-corrected chi connectivity index (χ3v) is 12.0. The van der Waals surface area contributed by atoms with Gasteiger partial charge in [-0.2, -0.15) is 0 Å². The summed E-state index contributed by atoms with van der Waals surface area (Å²) >= 11 is 0. The summed E-state index contributed by atoms with van der Waals surface area (Å²) in [7, 11) is 0. The molecule has 0 fully saturated rings. The Morgan fingerprint density at radius 1 is 0.451 bits per heavy atom. The minimum atomic E-state index is -0.00927. The van der Waals surface area contributed by atoms with Gasteiger partial charge in [-0.1, -0.05) is 143 Å². The summed E-state index contributed by atoms with van der Waals surface area (Å²) in [6.07, 6.45) is 6.77. The highest BCUT2D eigenvalue weighted by Crippen LogP contribution is 2.66. The molecule has 0 aromatic heterocycles. The Kier molecular flexibility index (Phi) is 8.60. The van der Waals surface area contributed by atoms with Crippen molar-refractivity contribution in [3.63, 3.8) is 0 Å². The molecular weight excluding hydrogens is 615 g/mol. The van der Waals surface area contributed by atoms with E-state index in [1.54, 1.807) is 11.1 Å². The summed E-state index contributed by atoms with van der Waals surface area (Å²) in [6, 6.07) is 57.9. The third kappa shape index (κ3) is 5.21. The van der Waals surface area contributed by atoms with E-state index in [-0.39, 0.29) is 10.8 Å². The third-order valence-electron chi connectivity index (χ3n) is 12.0. The summed E-state index contributed by atoms with van der Waals surface area (Å²) < 4.78 is 0. The first-order valence-corrected chi connectivity index (χ1v) is 18.9. The predicted octanol–water partition coefficient (Wildman–Crippen LogP) is 13.8. The molecule has 0 amide bonds. The van der Waals surface area contributed by atoms with E-state index in [9.17, 15) is 0 Å². The van der Waals surface area contributed by atoms with Crippen LogP contribution in [0.1, 0.15) is 92.3 Å². The van der Waals surface area contributed by atoms with E-state index in [1.807, 2.05) is 0 Å². The van der Waals surface area contributed by atoms with Gasteiger partial charge in [0.2, 0.25) is 0 Å². The molecule has 1 heteroatoms. The zero-order chi connectivity index (χ0) is 35.0. The van der Waals surface area contributed by atoms with Gasteiger partial charge in [0.15, 0.2) is 0 Å². The number of fused-ring (bicyclic) bond motifs is 4. The first-order valence-electron chi connectivity index (χ1n) is 18.9. The molecule has 0 radical (unpaired) electrons. The van der Waals surface area contributed by atoms with E-state index in [2.05, 4.69) is 196 Å². The molecule has 6 aromatic carbocycles. The van der Waals surface area contributed by atoms with Crippen LogP contribution in [0.4, 0.5) is 17.1 Å². The van der Waals surface area contributed by atoms with Gasteiger partial charge in [-0.25, -0.2) is 0 Å². The van der Waals surface area contributed by atoms with Gasteiger partial charge in [0.05, 0.1) is 0 Å². The van der Waals surface area contributed by atoms with Crippen LogP contribution in [-0.4, -0.2) is 0 Å². The number of hydrogen-bond donors (Lipinski definition) is 0. The second-order valence-corrected chi connectivity index (χ2v) is 14.2. The number of allylic oxidation sites excluding steroid dienone is 2. The normalized spacial score (nSPS) is 15.3. The Bertz CT molecular complexity index is 2180. The molecule has 252 valence electrons. The van der Waals surface area contributed by atoms with Crippen molar-refractivity contribution in [2.45, 2.75) is 64.2 Å². The number of benzene rings is 6. The van der Waals surface area contributed by atoms with Gasteiger partial charge in [-0.3, -0.25) is 0 Å². The van der Waals surface area contributed by atoms with Gasteiger partial charge in [0, 0.05) is 27.9 Å². The van der Waals surface area contributed by atoms with Crippen LogP contribution >= 0.6 is 0 Å². The number of hydrogen-bond acceptors (Lipinski definition) is 1. The van der Waals surface area contributed by atoms with Gasteiger partial charge in [-0.05, 0) is 130 Å². The average molecular weight is 662 g/mol. The molecule has 0 atom stereocenters. The summed E-state index contributed by atoms with van der Waals surface area (Å²) in [5, 5.41) is 0. The monoisotopic (exact) mass is 661 g/mol. The number of para-hydroxylation sites is 2. The molecule has 1 nitrogen and oxygen atoms in total. The lowest BCUT2D eigenvalue weighted by Crippen LogP contribution is -2.26. The molecule has 0 bridgehead atoms. The van der Waals surface area contributed by atoms with Crippen molar-refractivity contribution in [1.29, 1.82) is 0 Å². The number of rotatable bonds is 10. The highest BCUT2D eigenvalue weighted by atomic mass is 15.1. The van der Waals surface area contributed by atoms with Crippen molar-refractivity contribution in [2.24, 2.45) is 0 Å². The van der Waals surface area contributed by atoms with E-state index in [4.69, 9.17) is 0 Å². The summed E-state index contributed by atoms with van der Waals surface area (Å²) in [5.74, 6) is 0. The smallest absolute Gasteiger partial charge is 0.0462 e. The van der Waals surface area contributed by atoms with Crippen LogP contribution in [0.15, 0.2) is 158 Å². The lowest BCUT2D eigenvalue weighted by atomic mass is 9.68. The Hall–Kier alpha value is -5.40. The molecule has 8 rings (SSSR count). The van der Waals surface area contributed by atoms with Crippen LogP contribution in [0.2, 0.25) is 0 Å². The Morgan fingerprint density at radius 2 is 0.922 bits per heavy atom. The zero-order valence-corrected chi connectivity index (χ0v) is 30.4. The van der Waals surface area contributed by atoms with Crippen molar-refractivity contribution in [2.75, 3.05) is 4.90 Å². The number of nitrogens with zero attached hydrogens (tertiary/aromatic N) is 1. The van der Waals surface area contributed by atoms with Crippen LogP contribution in [0, 0.1) is 0 Å². The minimum Gasteiger partial charge on any atom is -0.311 e. The van der Waals surface area contributed by atoms with Gasteiger partial charge in [0.25, 0.3) is 0 Å². The Balaban J connectivity index is 1.25. The fourth-order valence-electron chi connectivity index (χ4n) is 9.38. The van der Waals surface area contributed by atoms with E-state index in [0.717, 1.165) is 42.7 Å². The zero-order valence-electron chi connectivity index (χ0n) is 30.4. The van der Waals surface area contributed by atoms with E-state index < -0.39 is 0 Å². The average Bonchev–Trinajstić information content (AvgIpc) is 3.67. The second-order valence-electron chi connectivity index (χ2n) is 14.2. The minimum absolute atomic E-state index is 0.00927. The number of anilines is 3. The van der Waals surface area contributed by atoms with Crippen molar-refractivity contribution >= 4 is 39.9 Å². The van der Waals surface area contributed by atoms with E-state index in [0.29, 0.717) is 0 Å². The Labute approximate surface area is 304 Å². The van der Waals surface area contributed by atoms with Crippen LogP contribution in [0.5, 0.6) is 0 Å². The second kappa shape index (κ2) is 13.4. The molecule has 2 aliphatic carbocycles. The lowest BCUT2D eigenvalue weighted by Gasteiger charge is -2.34. The van der Waals surface area contributed by atoms with Gasteiger partial charge in [0.1, 0.15) is 0 Å².